The Balaban J connectivity index is 1.78. The number of carbonyl (C=O) groups excluding carboxylic acids is 1. The highest BCUT2D eigenvalue weighted by Gasteiger charge is 2.36. The fraction of sp³-hybridized carbons (Fsp3) is 0.222. The Kier molecular flexibility index (Phi) is 4.22. The Morgan fingerprint density at radius 3 is 2.70 bits per heavy atom. The molecule has 1 aromatic carbocycles. The predicted molar refractivity (Wildman–Crippen MR) is 91.2 cm³/mol. The summed E-state index contributed by atoms with van der Waals surface area (Å²) in [7, 11) is 0. The fourth-order valence-electron chi connectivity index (χ4n) is 3.06. The number of carbonyl (C=O) groups is 1. The number of nitrogens with one attached hydrogen (secondary N) is 1. The SMILES string of the molecule is O=C1COC2=CCC(c3cc(C(F)(F)F)nn3-c3ccc(Cl)cc3)C=C2N1. The quantitative estimate of drug-likeness (QED) is 0.837. The molecule has 1 aromatic heterocycles. The predicted octanol–water partition coefficient (Wildman–Crippen LogP) is 3.95. The van der Waals surface area contributed by atoms with Crippen LogP contribution in [0.4, 0.5) is 13.2 Å². The van der Waals surface area contributed by atoms with Gasteiger partial charge in [0.25, 0.3) is 5.91 Å². The van der Waals surface area contributed by atoms with E-state index in [9.17, 15) is 18.0 Å². The number of ether oxygens (including phenoxy) is 1. The van der Waals surface area contributed by atoms with Gasteiger partial charge in [0.2, 0.25) is 0 Å². The first-order valence-corrected chi connectivity index (χ1v) is 8.47. The van der Waals surface area contributed by atoms with Crippen LogP contribution in [-0.2, 0) is 15.7 Å². The smallest absolute Gasteiger partial charge is 0.435 e. The summed E-state index contributed by atoms with van der Waals surface area (Å²) in [4.78, 5) is 11.5. The zero-order valence-electron chi connectivity index (χ0n) is 13.8. The molecule has 1 atom stereocenters. The number of amides is 1. The second-order valence-electron chi connectivity index (χ2n) is 6.17. The molecule has 5 nitrogen and oxygen atoms in total. The molecule has 2 aromatic rings. The molecule has 0 spiro atoms. The third-order valence-electron chi connectivity index (χ3n) is 4.30. The summed E-state index contributed by atoms with van der Waals surface area (Å²) < 4.78 is 46.3. The Hall–Kier alpha value is -2.74. The van der Waals surface area contributed by atoms with Gasteiger partial charge >= 0.3 is 6.18 Å². The lowest BCUT2D eigenvalue weighted by Crippen LogP contribution is -2.35. The molecule has 2 aliphatic rings. The van der Waals surface area contributed by atoms with Crippen LogP contribution in [0.2, 0.25) is 5.02 Å². The Morgan fingerprint density at radius 1 is 1.26 bits per heavy atom. The van der Waals surface area contributed by atoms with Gasteiger partial charge in [0, 0.05) is 10.9 Å². The van der Waals surface area contributed by atoms with E-state index in [0.29, 0.717) is 34.3 Å². The van der Waals surface area contributed by atoms with E-state index in [4.69, 9.17) is 16.3 Å². The largest absolute Gasteiger partial charge is 0.482 e. The minimum atomic E-state index is -4.57. The van der Waals surface area contributed by atoms with E-state index in [2.05, 4.69) is 10.4 Å². The molecular weight excluding hydrogens is 383 g/mol. The maximum absolute atomic E-state index is 13.2. The lowest BCUT2D eigenvalue weighted by molar-refractivity contribution is -0.141. The monoisotopic (exact) mass is 395 g/mol. The van der Waals surface area contributed by atoms with E-state index < -0.39 is 17.8 Å². The number of aromatic nitrogens is 2. The molecule has 2 heterocycles. The summed E-state index contributed by atoms with van der Waals surface area (Å²) >= 11 is 5.87. The summed E-state index contributed by atoms with van der Waals surface area (Å²) in [5.74, 6) is -0.189. The summed E-state index contributed by atoms with van der Waals surface area (Å²) in [5.41, 5.74) is 0.291. The van der Waals surface area contributed by atoms with Crippen LogP contribution in [0.1, 0.15) is 23.7 Å². The molecule has 4 rings (SSSR count). The van der Waals surface area contributed by atoms with Gasteiger partial charge in [-0.05, 0) is 48.9 Å². The van der Waals surface area contributed by atoms with Crippen LogP contribution in [-0.4, -0.2) is 22.3 Å². The van der Waals surface area contributed by atoms with Crippen LogP contribution in [0.25, 0.3) is 5.69 Å². The lowest BCUT2D eigenvalue weighted by Gasteiger charge is -2.26. The highest BCUT2D eigenvalue weighted by atomic mass is 35.5. The molecule has 140 valence electrons. The van der Waals surface area contributed by atoms with Crippen molar-refractivity contribution in [3.05, 3.63) is 70.4 Å². The molecule has 1 N–H and O–H groups in total. The molecule has 0 saturated carbocycles. The van der Waals surface area contributed by atoms with Gasteiger partial charge in [-0.1, -0.05) is 11.6 Å². The van der Waals surface area contributed by atoms with Crippen molar-refractivity contribution in [2.75, 3.05) is 6.61 Å². The highest BCUT2D eigenvalue weighted by Crippen LogP contribution is 2.36. The number of alkyl halides is 3. The summed E-state index contributed by atoms with van der Waals surface area (Å²) in [6.45, 7) is -0.0746. The molecule has 27 heavy (non-hydrogen) atoms. The van der Waals surface area contributed by atoms with Gasteiger partial charge in [-0.2, -0.15) is 18.3 Å². The minimum Gasteiger partial charge on any atom is -0.482 e. The van der Waals surface area contributed by atoms with Gasteiger partial charge in [0.05, 0.1) is 17.1 Å². The third kappa shape index (κ3) is 3.44. The molecule has 1 saturated heterocycles. The van der Waals surface area contributed by atoms with Crippen LogP contribution in [0.3, 0.4) is 0 Å². The molecule has 1 aliphatic carbocycles. The Morgan fingerprint density at radius 2 is 2.00 bits per heavy atom. The first-order valence-electron chi connectivity index (χ1n) is 8.09. The van der Waals surface area contributed by atoms with E-state index in [1.165, 1.54) is 4.68 Å². The molecule has 1 unspecified atom stereocenters. The van der Waals surface area contributed by atoms with Gasteiger partial charge in [0.15, 0.2) is 12.3 Å². The molecule has 1 fully saturated rings. The number of hydrogen-bond donors (Lipinski definition) is 1. The van der Waals surface area contributed by atoms with Crippen LogP contribution < -0.4 is 5.32 Å². The average molecular weight is 396 g/mol. The number of fused-ring (bicyclic) bond motifs is 1. The van der Waals surface area contributed by atoms with Crippen molar-refractivity contribution in [2.45, 2.75) is 18.5 Å². The van der Waals surface area contributed by atoms with Crippen LogP contribution in [0.15, 0.2) is 53.9 Å². The minimum absolute atomic E-state index is 0.0746. The van der Waals surface area contributed by atoms with E-state index in [1.807, 2.05) is 0 Å². The molecule has 0 bridgehead atoms. The zero-order valence-corrected chi connectivity index (χ0v) is 14.5. The molecule has 9 heteroatoms. The number of benzene rings is 1. The van der Waals surface area contributed by atoms with Crippen LogP contribution in [0, 0.1) is 0 Å². The van der Waals surface area contributed by atoms with Gasteiger partial charge in [0.1, 0.15) is 5.76 Å². The zero-order chi connectivity index (χ0) is 19.2. The molecule has 0 radical (unpaired) electrons. The van der Waals surface area contributed by atoms with Crippen molar-refractivity contribution in [3.8, 4) is 5.69 Å². The second kappa shape index (κ2) is 6.45. The standard InChI is InChI=1S/C18H13ClF3N3O2/c19-11-2-4-12(5-3-11)25-14(8-16(24-25)18(20,21)22)10-1-6-15-13(7-10)23-17(26)9-27-15/h2-8,10H,1,9H2,(H,23,26). The number of nitrogens with zero attached hydrogens (tertiary/aromatic N) is 2. The number of rotatable bonds is 2. The number of allylic oxidation sites excluding steroid dienone is 2. The topological polar surface area (TPSA) is 56.1 Å². The number of hydrogen-bond acceptors (Lipinski definition) is 3. The Bertz CT molecular complexity index is 961. The van der Waals surface area contributed by atoms with E-state index in [1.54, 1.807) is 36.4 Å². The van der Waals surface area contributed by atoms with Crippen molar-refractivity contribution in [2.24, 2.45) is 0 Å². The average Bonchev–Trinajstić information content (AvgIpc) is 3.07. The molecule has 1 amide bonds. The first-order chi connectivity index (χ1) is 12.8. The van der Waals surface area contributed by atoms with Crippen molar-refractivity contribution >= 4 is 17.5 Å². The molecular formula is C18H13ClF3N3O2. The van der Waals surface area contributed by atoms with Gasteiger partial charge in [-0.15, -0.1) is 0 Å². The maximum Gasteiger partial charge on any atom is 0.435 e. The fourth-order valence-corrected chi connectivity index (χ4v) is 3.18. The maximum atomic E-state index is 13.2. The summed E-state index contributed by atoms with van der Waals surface area (Å²) in [6.07, 6.45) is -0.704. The summed E-state index contributed by atoms with van der Waals surface area (Å²) in [5, 5.41) is 6.91. The lowest BCUT2D eigenvalue weighted by atomic mass is 9.94. The number of morpholine rings is 1. The van der Waals surface area contributed by atoms with Crippen LogP contribution in [0.5, 0.6) is 0 Å². The van der Waals surface area contributed by atoms with Crippen LogP contribution >= 0.6 is 11.6 Å². The van der Waals surface area contributed by atoms with E-state index in [-0.39, 0.29) is 12.5 Å². The van der Waals surface area contributed by atoms with Crippen molar-refractivity contribution in [1.29, 1.82) is 0 Å². The second-order valence-corrected chi connectivity index (χ2v) is 6.60. The van der Waals surface area contributed by atoms with E-state index in [0.717, 1.165) is 6.07 Å². The van der Waals surface area contributed by atoms with Gasteiger partial charge < -0.3 is 10.1 Å². The van der Waals surface area contributed by atoms with Crippen molar-refractivity contribution < 1.29 is 22.7 Å². The first kappa shape index (κ1) is 17.7. The van der Waals surface area contributed by atoms with Crippen molar-refractivity contribution in [1.82, 2.24) is 15.1 Å². The van der Waals surface area contributed by atoms with Crippen molar-refractivity contribution in [3.63, 3.8) is 0 Å². The number of halogens is 4. The summed E-state index contributed by atoms with van der Waals surface area (Å²) in [6, 6.07) is 7.40. The van der Waals surface area contributed by atoms with E-state index >= 15 is 0 Å². The highest BCUT2D eigenvalue weighted by molar-refractivity contribution is 6.30. The Labute approximate surface area is 157 Å². The molecule has 1 aliphatic heterocycles. The van der Waals surface area contributed by atoms with Gasteiger partial charge in [-0.25, -0.2) is 4.68 Å². The van der Waals surface area contributed by atoms with Gasteiger partial charge in [-0.3, -0.25) is 4.79 Å². The normalized spacial score (nSPS) is 19.6. The third-order valence-corrected chi connectivity index (χ3v) is 4.55.